The molecule has 0 N–H and O–H groups in total. The van der Waals surface area contributed by atoms with Gasteiger partial charge in [-0.05, 0) is 39.8 Å². The zero-order valence-corrected chi connectivity index (χ0v) is 10.3. The van der Waals surface area contributed by atoms with E-state index in [-0.39, 0.29) is 4.75 Å². The van der Waals surface area contributed by atoms with Crippen LogP contribution in [0.3, 0.4) is 0 Å². The van der Waals surface area contributed by atoms with Gasteiger partial charge in [0.2, 0.25) is 0 Å². The lowest BCUT2D eigenvalue weighted by atomic mass is 10.3. The van der Waals surface area contributed by atoms with Gasteiger partial charge in [-0.15, -0.1) is 0 Å². The lowest BCUT2D eigenvalue weighted by molar-refractivity contribution is 0.561. The van der Waals surface area contributed by atoms with Crippen LogP contribution in [0.2, 0.25) is 0 Å². The highest BCUT2D eigenvalue weighted by Gasteiger charge is 2.26. The van der Waals surface area contributed by atoms with Gasteiger partial charge in [0, 0.05) is 6.20 Å². The summed E-state index contributed by atoms with van der Waals surface area (Å²) in [6.45, 7) is 7.53. The van der Waals surface area contributed by atoms with Crippen molar-refractivity contribution in [3.05, 3.63) is 30.1 Å². The number of nitrogens with zero attached hydrogens (tertiary/aromatic N) is 2. The Balaban J connectivity index is 2.86. The average molecular weight is 224 g/mol. The maximum Gasteiger partial charge on any atom is 0.144 e. The average Bonchev–Trinajstić information content (AvgIpc) is 2.17. The SMILES string of the molecule is CC(=N[S@+]([O-])C(C)(C)C)c1ccccn1. The quantitative estimate of drug-likeness (QED) is 0.572. The van der Waals surface area contributed by atoms with Crippen LogP contribution in [0.1, 0.15) is 33.4 Å². The summed E-state index contributed by atoms with van der Waals surface area (Å²) >= 11 is -1.22. The monoisotopic (exact) mass is 224 g/mol. The fraction of sp³-hybridized carbons (Fsp3) is 0.455. The van der Waals surface area contributed by atoms with E-state index in [4.69, 9.17) is 0 Å². The zero-order valence-electron chi connectivity index (χ0n) is 9.52. The molecule has 1 heterocycles. The molecule has 4 heteroatoms. The van der Waals surface area contributed by atoms with Crippen LogP contribution in [0, 0.1) is 0 Å². The highest BCUT2D eigenvalue weighted by Crippen LogP contribution is 2.17. The first-order valence-corrected chi connectivity index (χ1v) is 5.90. The van der Waals surface area contributed by atoms with E-state index in [2.05, 4.69) is 9.38 Å². The summed E-state index contributed by atoms with van der Waals surface area (Å²) in [7, 11) is 0. The summed E-state index contributed by atoms with van der Waals surface area (Å²) in [5.41, 5.74) is 1.49. The minimum Gasteiger partial charge on any atom is -0.591 e. The van der Waals surface area contributed by atoms with Crippen LogP contribution in [0.4, 0.5) is 0 Å². The van der Waals surface area contributed by atoms with Gasteiger partial charge in [0.25, 0.3) is 0 Å². The molecule has 0 saturated heterocycles. The largest absolute Gasteiger partial charge is 0.591 e. The summed E-state index contributed by atoms with van der Waals surface area (Å²) < 4.78 is 15.6. The molecule has 1 rings (SSSR count). The third-order valence-corrected chi connectivity index (χ3v) is 3.27. The van der Waals surface area contributed by atoms with Crippen LogP contribution in [0.25, 0.3) is 0 Å². The molecule has 0 saturated carbocycles. The number of pyridine rings is 1. The van der Waals surface area contributed by atoms with Crippen LogP contribution in [0.5, 0.6) is 0 Å². The van der Waals surface area contributed by atoms with Gasteiger partial charge >= 0.3 is 0 Å². The third-order valence-electron chi connectivity index (χ3n) is 1.78. The van der Waals surface area contributed by atoms with E-state index >= 15 is 0 Å². The molecule has 0 aromatic carbocycles. The van der Waals surface area contributed by atoms with Crippen LogP contribution in [-0.2, 0) is 11.4 Å². The summed E-state index contributed by atoms with van der Waals surface area (Å²) in [5.74, 6) is 0. The minimum absolute atomic E-state index is 0.323. The molecule has 0 unspecified atom stereocenters. The molecule has 1 aromatic rings. The van der Waals surface area contributed by atoms with Gasteiger partial charge in [0.15, 0.2) is 0 Å². The summed E-state index contributed by atoms with van der Waals surface area (Å²) in [4.78, 5) is 4.15. The van der Waals surface area contributed by atoms with Gasteiger partial charge in [-0.1, -0.05) is 10.5 Å². The third kappa shape index (κ3) is 3.64. The first-order chi connectivity index (χ1) is 6.91. The predicted molar refractivity (Wildman–Crippen MR) is 64.3 cm³/mol. The minimum atomic E-state index is -1.22. The molecule has 0 aliphatic carbocycles. The lowest BCUT2D eigenvalue weighted by Gasteiger charge is -2.18. The number of rotatable bonds is 2. The van der Waals surface area contributed by atoms with Gasteiger partial charge in [-0.2, -0.15) is 0 Å². The molecule has 0 bridgehead atoms. The topological polar surface area (TPSA) is 48.3 Å². The Morgan fingerprint density at radius 3 is 2.53 bits per heavy atom. The van der Waals surface area contributed by atoms with Crippen molar-refractivity contribution in [2.45, 2.75) is 32.4 Å². The van der Waals surface area contributed by atoms with Crippen LogP contribution < -0.4 is 0 Å². The lowest BCUT2D eigenvalue weighted by Crippen LogP contribution is -2.26. The maximum absolute atomic E-state index is 11.7. The van der Waals surface area contributed by atoms with Gasteiger partial charge in [0.05, 0.1) is 5.69 Å². The summed E-state index contributed by atoms with van der Waals surface area (Å²) in [5, 5.41) is 0. The van der Waals surface area contributed by atoms with Crippen molar-refractivity contribution in [3.63, 3.8) is 0 Å². The number of hydrogen-bond acceptors (Lipinski definition) is 3. The molecule has 1 atom stereocenters. The molecule has 82 valence electrons. The molecular weight excluding hydrogens is 208 g/mol. The van der Waals surface area contributed by atoms with E-state index < -0.39 is 11.4 Å². The number of aromatic nitrogens is 1. The first kappa shape index (κ1) is 12.2. The molecule has 0 aliphatic heterocycles. The van der Waals surface area contributed by atoms with E-state index in [1.54, 1.807) is 6.20 Å². The van der Waals surface area contributed by atoms with Crippen LogP contribution >= 0.6 is 0 Å². The Bertz CT molecular complexity index is 343. The maximum atomic E-state index is 11.7. The molecule has 3 nitrogen and oxygen atoms in total. The van der Waals surface area contributed by atoms with Crippen molar-refractivity contribution < 1.29 is 4.55 Å². The van der Waals surface area contributed by atoms with E-state index in [0.29, 0.717) is 5.71 Å². The summed E-state index contributed by atoms with van der Waals surface area (Å²) in [6, 6.07) is 5.59. The highest BCUT2D eigenvalue weighted by molar-refractivity contribution is 7.91. The van der Waals surface area contributed by atoms with E-state index in [9.17, 15) is 4.55 Å². The second-order valence-electron chi connectivity index (χ2n) is 4.25. The van der Waals surface area contributed by atoms with Crippen molar-refractivity contribution >= 4 is 17.1 Å². The molecular formula is C11H16N2OS. The van der Waals surface area contributed by atoms with Gasteiger partial charge in [0.1, 0.15) is 21.8 Å². The van der Waals surface area contributed by atoms with Gasteiger partial charge < -0.3 is 4.55 Å². The Morgan fingerprint density at radius 1 is 1.40 bits per heavy atom. The van der Waals surface area contributed by atoms with Crippen LogP contribution in [-0.4, -0.2) is 20.0 Å². The Hall–Kier alpha value is -0.870. The standard InChI is InChI=1S/C11H16N2OS/c1-9(10-7-5-6-8-12-10)13-15(14)11(2,3)4/h5-8H,1-4H3/t15-/m1/s1. The Labute approximate surface area is 94.0 Å². The predicted octanol–water partition coefficient (Wildman–Crippen LogP) is 2.35. The van der Waals surface area contributed by atoms with Crippen molar-refractivity contribution in [2.24, 2.45) is 4.40 Å². The Morgan fingerprint density at radius 2 is 2.07 bits per heavy atom. The second-order valence-corrected chi connectivity index (χ2v) is 6.16. The molecule has 0 aliphatic rings. The van der Waals surface area contributed by atoms with Crippen molar-refractivity contribution in [2.75, 3.05) is 0 Å². The van der Waals surface area contributed by atoms with E-state index in [0.717, 1.165) is 5.69 Å². The number of hydrogen-bond donors (Lipinski definition) is 0. The summed E-state index contributed by atoms with van der Waals surface area (Å²) in [6.07, 6.45) is 1.70. The molecule has 0 fully saturated rings. The van der Waals surface area contributed by atoms with Crippen molar-refractivity contribution in [1.82, 2.24) is 4.98 Å². The Kier molecular flexibility index (Phi) is 3.88. The van der Waals surface area contributed by atoms with E-state index in [1.165, 1.54) is 0 Å². The normalized spacial score (nSPS) is 15.1. The van der Waals surface area contributed by atoms with Gasteiger partial charge in [-0.25, -0.2) is 0 Å². The van der Waals surface area contributed by atoms with Crippen molar-refractivity contribution in [3.8, 4) is 0 Å². The molecule has 1 aromatic heterocycles. The zero-order chi connectivity index (χ0) is 11.5. The smallest absolute Gasteiger partial charge is 0.144 e. The molecule has 0 amide bonds. The second kappa shape index (κ2) is 4.77. The van der Waals surface area contributed by atoms with Crippen LogP contribution in [0.15, 0.2) is 28.8 Å². The highest BCUT2D eigenvalue weighted by atomic mass is 32.2. The molecule has 0 radical (unpaired) electrons. The molecule has 0 spiro atoms. The first-order valence-electron chi connectivity index (χ1n) is 4.80. The van der Waals surface area contributed by atoms with Gasteiger partial charge in [-0.3, -0.25) is 4.98 Å². The fourth-order valence-electron chi connectivity index (χ4n) is 0.885. The molecule has 15 heavy (non-hydrogen) atoms. The van der Waals surface area contributed by atoms with Crippen molar-refractivity contribution in [1.29, 1.82) is 0 Å². The van der Waals surface area contributed by atoms with E-state index in [1.807, 2.05) is 45.9 Å². The fourth-order valence-corrected chi connectivity index (χ4v) is 1.50.